The Kier molecular flexibility index (Phi) is 12.3. The van der Waals surface area contributed by atoms with Crippen molar-refractivity contribution in [3.63, 3.8) is 0 Å². The largest absolute Gasteiger partial charge is 0.543 e. The molecule has 0 aliphatic rings. The Labute approximate surface area is 223 Å². The summed E-state index contributed by atoms with van der Waals surface area (Å²) in [4.78, 5) is 64.7. The molecule has 212 valence electrons. The maximum Gasteiger partial charge on any atom is 0.543 e. The Morgan fingerprint density at radius 1 is 0.590 bits per heavy atom. The highest BCUT2D eigenvalue weighted by atomic mass is 17.5. The molecule has 0 aliphatic heterocycles. The highest BCUT2D eigenvalue weighted by Gasteiger charge is 2.31. The van der Waals surface area contributed by atoms with Crippen LogP contribution in [0.15, 0.2) is 48.5 Å². The first-order chi connectivity index (χ1) is 18.8. The topological polar surface area (TPSA) is 161 Å². The predicted octanol–water partition coefficient (Wildman–Crippen LogP) is 4.52. The molecule has 0 unspecified atom stereocenters. The standard InChI is InChI=1S/C25H28O14/c1-5-25(6-2,15-32-23(28)36-38-34-21(26)17-7-11-19(30-3)12-8-17)16-33-24(29)37-39-35-22(27)18-9-13-20(31-4)14-10-18/h7-14H,5-6,15-16H2,1-4H3. The summed E-state index contributed by atoms with van der Waals surface area (Å²) in [6.45, 7) is 3.03. The van der Waals surface area contributed by atoms with Crippen LogP contribution in [0, 0.1) is 5.41 Å². The molecular weight excluding hydrogens is 524 g/mol. The molecule has 0 N–H and O–H groups in total. The van der Waals surface area contributed by atoms with Crippen molar-refractivity contribution in [1.29, 1.82) is 0 Å². The maximum atomic E-state index is 11.9. The molecule has 0 amide bonds. The summed E-state index contributed by atoms with van der Waals surface area (Å²) in [5.74, 6) is -0.794. The van der Waals surface area contributed by atoms with Crippen molar-refractivity contribution in [3.8, 4) is 11.5 Å². The molecule has 0 saturated heterocycles. The van der Waals surface area contributed by atoms with E-state index in [0.29, 0.717) is 24.3 Å². The van der Waals surface area contributed by atoms with Crippen molar-refractivity contribution in [2.45, 2.75) is 26.7 Å². The van der Waals surface area contributed by atoms with Crippen LogP contribution in [-0.4, -0.2) is 51.7 Å². The van der Waals surface area contributed by atoms with Gasteiger partial charge < -0.3 is 18.9 Å². The molecule has 0 fully saturated rings. The molecule has 2 rings (SSSR count). The van der Waals surface area contributed by atoms with Gasteiger partial charge in [0.25, 0.3) is 0 Å². The first kappa shape index (κ1) is 30.7. The predicted molar refractivity (Wildman–Crippen MR) is 127 cm³/mol. The average molecular weight is 552 g/mol. The lowest BCUT2D eigenvalue weighted by Crippen LogP contribution is -2.33. The van der Waals surface area contributed by atoms with Gasteiger partial charge in [0, 0.05) is 5.41 Å². The molecule has 0 saturated carbocycles. The van der Waals surface area contributed by atoms with Gasteiger partial charge in [0.1, 0.15) is 24.7 Å². The first-order valence-corrected chi connectivity index (χ1v) is 11.5. The van der Waals surface area contributed by atoms with Crippen LogP contribution in [-0.2, 0) is 39.1 Å². The molecule has 0 bridgehead atoms. The molecule has 2 aromatic carbocycles. The monoisotopic (exact) mass is 552 g/mol. The number of carbonyl (C=O) groups is 4. The molecule has 0 heterocycles. The fraction of sp³-hybridized carbons (Fsp3) is 0.360. The third kappa shape index (κ3) is 10.0. The van der Waals surface area contributed by atoms with E-state index in [-0.39, 0.29) is 24.3 Å². The van der Waals surface area contributed by atoms with Crippen molar-refractivity contribution in [3.05, 3.63) is 59.7 Å². The van der Waals surface area contributed by atoms with Crippen LogP contribution in [0.2, 0.25) is 0 Å². The molecular formula is C25H28O14. The Bertz CT molecular complexity index is 993. The summed E-state index contributed by atoms with van der Waals surface area (Å²) >= 11 is 0. The minimum Gasteiger partial charge on any atom is -0.497 e. The van der Waals surface area contributed by atoms with Crippen LogP contribution in [0.4, 0.5) is 9.59 Å². The van der Waals surface area contributed by atoms with Crippen LogP contribution < -0.4 is 9.47 Å². The second kappa shape index (κ2) is 15.6. The highest BCUT2D eigenvalue weighted by molar-refractivity contribution is 5.89. The second-order valence-corrected chi connectivity index (χ2v) is 7.79. The normalized spacial score (nSPS) is 10.6. The van der Waals surface area contributed by atoms with Gasteiger partial charge in [-0.25, -0.2) is 29.0 Å². The Morgan fingerprint density at radius 2 is 0.949 bits per heavy atom. The third-order valence-corrected chi connectivity index (χ3v) is 5.57. The molecule has 0 radical (unpaired) electrons. The van der Waals surface area contributed by atoms with Gasteiger partial charge in [-0.2, -0.15) is 0 Å². The van der Waals surface area contributed by atoms with Gasteiger partial charge in [0.15, 0.2) is 0 Å². The van der Waals surface area contributed by atoms with Crippen molar-refractivity contribution in [2.24, 2.45) is 5.41 Å². The van der Waals surface area contributed by atoms with E-state index < -0.39 is 29.7 Å². The van der Waals surface area contributed by atoms with Crippen molar-refractivity contribution < 1.29 is 67.8 Å². The lowest BCUT2D eigenvalue weighted by molar-refractivity contribution is -0.453. The van der Waals surface area contributed by atoms with Gasteiger partial charge in [-0.1, -0.05) is 13.8 Å². The number of methoxy groups -OCH3 is 2. The van der Waals surface area contributed by atoms with Crippen molar-refractivity contribution >= 4 is 24.2 Å². The summed E-state index contributed by atoms with van der Waals surface area (Å²) in [6, 6.07) is 11.8. The molecule has 14 heteroatoms. The van der Waals surface area contributed by atoms with E-state index in [1.54, 1.807) is 13.8 Å². The molecule has 39 heavy (non-hydrogen) atoms. The van der Waals surface area contributed by atoms with Gasteiger partial charge in [-0.3, -0.25) is 9.78 Å². The number of carbonyl (C=O) groups excluding carboxylic acids is 4. The maximum absolute atomic E-state index is 11.9. The Hall–Kier alpha value is -4.56. The first-order valence-electron chi connectivity index (χ1n) is 11.5. The lowest BCUT2D eigenvalue weighted by Gasteiger charge is -2.29. The van der Waals surface area contributed by atoms with Gasteiger partial charge in [-0.05, 0) is 61.4 Å². The summed E-state index contributed by atoms with van der Waals surface area (Å²) in [6.07, 6.45) is -1.80. The molecule has 0 atom stereocenters. The summed E-state index contributed by atoms with van der Waals surface area (Å²) in [7, 11) is 2.94. The van der Waals surface area contributed by atoms with Crippen LogP contribution in [0.3, 0.4) is 0 Å². The fourth-order valence-corrected chi connectivity index (χ4v) is 2.87. The van der Waals surface area contributed by atoms with E-state index in [1.165, 1.54) is 62.8 Å². The van der Waals surface area contributed by atoms with E-state index >= 15 is 0 Å². The molecule has 2 aromatic rings. The van der Waals surface area contributed by atoms with Crippen LogP contribution >= 0.6 is 0 Å². The van der Waals surface area contributed by atoms with Gasteiger partial charge in [-0.15, -0.1) is 0 Å². The third-order valence-electron chi connectivity index (χ3n) is 5.57. The van der Waals surface area contributed by atoms with E-state index in [0.717, 1.165) is 0 Å². The zero-order valence-corrected chi connectivity index (χ0v) is 21.7. The van der Waals surface area contributed by atoms with Crippen molar-refractivity contribution in [1.82, 2.24) is 0 Å². The van der Waals surface area contributed by atoms with Crippen LogP contribution in [0.1, 0.15) is 47.4 Å². The number of rotatable bonds is 14. The van der Waals surface area contributed by atoms with Crippen LogP contribution in [0.25, 0.3) is 0 Å². The molecule has 0 spiro atoms. The van der Waals surface area contributed by atoms with E-state index in [4.69, 9.17) is 18.9 Å². The highest BCUT2D eigenvalue weighted by Crippen LogP contribution is 2.28. The summed E-state index contributed by atoms with van der Waals surface area (Å²) in [5, 5.41) is 8.36. The SMILES string of the molecule is CCC(CC)(COC(=O)OOOC(=O)c1ccc(OC)cc1)COC(=O)OOOC(=O)c1ccc(OC)cc1. The number of benzene rings is 2. The van der Waals surface area contributed by atoms with E-state index in [9.17, 15) is 19.2 Å². The minimum atomic E-state index is -1.31. The Morgan fingerprint density at radius 3 is 1.26 bits per heavy atom. The number of hydrogen-bond donors (Lipinski definition) is 0. The lowest BCUT2D eigenvalue weighted by atomic mass is 9.84. The summed E-state index contributed by atoms with van der Waals surface area (Å²) < 4.78 is 19.9. The molecule has 14 nitrogen and oxygen atoms in total. The average Bonchev–Trinajstić information content (AvgIpc) is 2.97. The zero-order valence-electron chi connectivity index (χ0n) is 21.7. The summed E-state index contributed by atoms with van der Waals surface area (Å²) in [5.41, 5.74) is -0.600. The minimum absolute atomic E-state index is 0.118. The quantitative estimate of drug-likeness (QED) is 0.183. The van der Waals surface area contributed by atoms with E-state index in [2.05, 4.69) is 29.6 Å². The smallest absolute Gasteiger partial charge is 0.497 e. The fourth-order valence-electron chi connectivity index (χ4n) is 2.87. The second-order valence-electron chi connectivity index (χ2n) is 7.79. The zero-order chi connectivity index (χ0) is 28.7. The van der Waals surface area contributed by atoms with Crippen LogP contribution in [0.5, 0.6) is 11.5 Å². The molecule has 0 aliphatic carbocycles. The Balaban J connectivity index is 1.70. The van der Waals surface area contributed by atoms with E-state index in [1.807, 2.05) is 0 Å². The van der Waals surface area contributed by atoms with Gasteiger partial charge in [0.05, 0.1) is 35.4 Å². The van der Waals surface area contributed by atoms with Gasteiger partial charge >= 0.3 is 24.2 Å². The number of ether oxygens (including phenoxy) is 4. The van der Waals surface area contributed by atoms with Gasteiger partial charge in [0.2, 0.25) is 0 Å². The molecule has 0 aromatic heterocycles. The number of hydrogen-bond acceptors (Lipinski definition) is 14. The van der Waals surface area contributed by atoms with Crippen molar-refractivity contribution in [2.75, 3.05) is 27.4 Å².